The van der Waals surface area contributed by atoms with Crippen LogP contribution in [0.15, 0.2) is 38.2 Å². The van der Waals surface area contributed by atoms with E-state index in [1.807, 2.05) is 38.1 Å². The molecule has 0 amide bonds. The van der Waals surface area contributed by atoms with Gasteiger partial charge >= 0.3 is 0 Å². The summed E-state index contributed by atoms with van der Waals surface area (Å²) in [5, 5.41) is 3.96. The summed E-state index contributed by atoms with van der Waals surface area (Å²) in [7, 11) is 0. The van der Waals surface area contributed by atoms with Gasteiger partial charge in [0.05, 0.1) is 5.75 Å². The second kappa shape index (κ2) is 8.53. The van der Waals surface area contributed by atoms with Gasteiger partial charge in [-0.05, 0) is 41.9 Å². The Morgan fingerprint density at radius 1 is 1.24 bits per heavy atom. The van der Waals surface area contributed by atoms with Gasteiger partial charge in [0.15, 0.2) is 5.82 Å². The fourth-order valence-electron chi connectivity index (χ4n) is 1.62. The number of ether oxygens (including phenoxy) is 2. The first-order chi connectivity index (χ1) is 10.2. The fraction of sp³-hybridized carbons (Fsp3) is 0.429. The van der Waals surface area contributed by atoms with Gasteiger partial charge in [-0.3, -0.25) is 0 Å². The molecule has 0 radical (unpaired) electrons. The highest BCUT2D eigenvalue weighted by Gasteiger charge is 2.19. The molecule has 1 aromatic carbocycles. The molecule has 0 atom stereocenters. The van der Waals surface area contributed by atoms with Crippen molar-refractivity contribution in [3.05, 3.63) is 40.5 Å². The molecule has 7 heteroatoms. The monoisotopic (exact) mass is 372 g/mol. The summed E-state index contributed by atoms with van der Waals surface area (Å²) in [5.41, 5.74) is 0. The Morgan fingerprint density at radius 2 is 1.95 bits per heavy atom. The van der Waals surface area contributed by atoms with E-state index in [2.05, 4.69) is 26.1 Å². The van der Waals surface area contributed by atoms with Crippen LogP contribution in [0, 0.1) is 0 Å². The smallest absolute Gasteiger partial charge is 0.283 e. The molecule has 0 N–H and O–H groups in total. The number of halogens is 1. The molecule has 0 unspecified atom stereocenters. The molecule has 0 fully saturated rings. The van der Waals surface area contributed by atoms with Crippen LogP contribution < -0.4 is 0 Å². The number of thioether (sulfide) groups is 1. The number of hydrogen-bond acceptors (Lipinski definition) is 6. The molecule has 2 aromatic rings. The van der Waals surface area contributed by atoms with Crippen molar-refractivity contribution in [2.75, 3.05) is 13.2 Å². The van der Waals surface area contributed by atoms with E-state index in [-0.39, 0.29) is 0 Å². The zero-order chi connectivity index (χ0) is 15.1. The van der Waals surface area contributed by atoms with E-state index in [0.29, 0.717) is 30.7 Å². The summed E-state index contributed by atoms with van der Waals surface area (Å²) in [6.07, 6.45) is -0.588. The minimum absolute atomic E-state index is 0.362. The van der Waals surface area contributed by atoms with Gasteiger partial charge in [-0.1, -0.05) is 17.3 Å². The molecular formula is C14H17BrN2O3S. The van der Waals surface area contributed by atoms with Gasteiger partial charge < -0.3 is 14.0 Å². The first-order valence-corrected chi connectivity index (χ1v) is 8.45. The third-order valence-electron chi connectivity index (χ3n) is 2.51. The van der Waals surface area contributed by atoms with Crippen LogP contribution in [0.1, 0.15) is 31.9 Å². The Morgan fingerprint density at radius 3 is 2.62 bits per heavy atom. The lowest BCUT2D eigenvalue weighted by atomic mass is 10.4. The topological polar surface area (TPSA) is 57.4 Å². The summed E-state index contributed by atoms with van der Waals surface area (Å²) >= 11 is 5.15. The molecule has 0 spiro atoms. The lowest BCUT2D eigenvalue weighted by Crippen LogP contribution is -2.09. The van der Waals surface area contributed by atoms with Gasteiger partial charge in [0.2, 0.25) is 6.29 Å². The van der Waals surface area contributed by atoms with Crippen LogP contribution in [-0.2, 0) is 15.2 Å². The highest BCUT2D eigenvalue weighted by atomic mass is 79.9. The minimum atomic E-state index is -0.588. The Bertz CT molecular complexity index is 559. The number of benzene rings is 1. The van der Waals surface area contributed by atoms with Gasteiger partial charge in [-0.2, -0.15) is 4.98 Å². The zero-order valence-corrected chi connectivity index (χ0v) is 14.3. The maximum Gasteiger partial charge on any atom is 0.283 e. The molecule has 1 heterocycles. The van der Waals surface area contributed by atoms with E-state index in [9.17, 15) is 0 Å². The maximum atomic E-state index is 5.43. The van der Waals surface area contributed by atoms with Crippen LogP contribution >= 0.6 is 27.7 Å². The summed E-state index contributed by atoms with van der Waals surface area (Å²) in [5.74, 6) is 1.61. The van der Waals surface area contributed by atoms with Crippen LogP contribution in [-0.4, -0.2) is 23.4 Å². The second-order valence-electron chi connectivity index (χ2n) is 4.01. The van der Waals surface area contributed by atoms with Gasteiger partial charge in [-0.25, -0.2) is 0 Å². The zero-order valence-electron chi connectivity index (χ0n) is 11.9. The fourth-order valence-corrected chi connectivity index (χ4v) is 3.03. The average molecular weight is 373 g/mol. The predicted octanol–water partition coefficient (Wildman–Crippen LogP) is 4.20. The van der Waals surface area contributed by atoms with E-state index in [4.69, 9.17) is 14.0 Å². The van der Waals surface area contributed by atoms with Crippen molar-refractivity contribution in [3.63, 3.8) is 0 Å². The van der Waals surface area contributed by atoms with E-state index < -0.39 is 6.29 Å². The summed E-state index contributed by atoms with van der Waals surface area (Å²) < 4.78 is 17.1. The van der Waals surface area contributed by atoms with Gasteiger partial charge in [0.1, 0.15) is 0 Å². The second-order valence-corrected chi connectivity index (χ2v) is 5.88. The van der Waals surface area contributed by atoms with E-state index in [1.165, 1.54) is 0 Å². The van der Waals surface area contributed by atoms with Crippen molar-refractivity contribution in [2.45, 2.75) is 30.8 Å². The van der Waals surface area contributed by atoms with Crippen molar-refractivity contribution < 1.29 is 14.0 Å². The molecule has 0 aliphatic rings. The first-order valence-electron chi connectivity index (χ1n) is 6.67. The Balaban J connectivity index is 1.98. The molecule has 0 saturated carbocycles. The highest BCUT2D eigenvalue weighted by Crippen LogP contribution is 2.29. The summed E-state index contributed by atoms with van der Waals surface area (Å²) in [6.45, 7) is 4.83. The normalized spacial score (nSPS) is 11.2. The van der Waals surface area contributed by atoms with Crippen molar-refractivity contribution in [2.24, 2.45) is 0 Å². The van der Waals surface area contributed by atoms with Crippen molar-refractivity contribution >= 4 is 27.7 Å². The molecule has 21 heavy (non-hydrogen) atoms. The largest absolute Gasteiger partial charge is 0.345 e. The molecule has 114 valence electrons. The van der Waals surface area contributed by atoms with Gasteiger partial charge in [-0.15, -0.1) is 11.8 Å². The van der Waals surface area contributed by atoms with Crippen LogP contribution in [0.2, 0.25) is 0 Å². The van der Waals surface area contributed by atoms with Crippen molar-refractivity contribution in [1.29, 1.82) is 0 Å². The summed E-state index contributed by atoms with van der Waals surface area (Å²) in [6, 6.07) is 8.02. The molecule has 0 aliphatic heterocycles. The van der Waals surface area contributed by atoms with Crippen LogP contribution in [0.4, 0.5) is 0 Å². The lowest BCUT2D eigenvalue weighted by Gasteiger charge is -2.11. The Kier molecular flexibility index (Phi) is 6.69. The standard InChI is InChI=1S/C14H17BrN2O3S/c1-3-18-14(19-4-2)13-16-12(17-20-13)9-21-11-8-6-5-7-10(11)15/h5-8,14H,3-4,9H2,1-2H3. The molecule has 5 nitrogen and oxygen atoms in total. The van der Waals surface area contributed by atoms with E-state index in [1.54, 1.807) is 11.8 Å². The minimum Gasteiger partial charge on any atom is -0.345 e. The third kappa shape index (κ3) is 4.81. The molecule has 2 rings (SSSR count). The maximum absolute atomic E-state index is 5.43. The Hall–Kier alpha value is -0.890. The quantitative estimate of drug-likeness (QED) is 0.511. The molecule has 0 aliphatic carbocycles. The highest BCUT2D eigenvalue weighted by molar-refractivity contribution is 9.10. The van der Waals surface area contributed by atoms with Crippen molar-refractivity contribution in [1.82, 2.24) is 10.1 Å². The molecule has 0 bridgehead atoms. The lowest BCUT2D eigenvalue weighted by molar-refractivity contribution is -0.155. The average Bonchev–Trinajstić information content (AvgIpc) is 2.95. The number of hydrogen-bond donors (Lipinski definition) is 0. The molecule has 0 saturated heterocycles. The number of aromatic nitrogens is 2. The molecule has 1 aromatic heterocycles. The first kappa shape index (κ1) is 16.5. The molecular weight excluding hydrogens is 356 g/mol. The summed E-state index contributed by atoms with van der Waals surface area (Å²) in [4.78, 5) is 5.46. The third-order valence-corrected chi connectivity index (χ3v) is 4.54. The van der Waals surface area contributed by atoms with Crippen LogP contribution in [0.3, 0.4) is 0 Å². The number of rotatable bonds is 8. The van der Waals surface area contributed by atoms with Gasteiger partial charge in [0.25, 0.3) is 5.89 Å². The van der Waals surface area contributed by atoms with Crippen LogP contribution in [0.25, 0.3) is 0 Å². The van der Waals surface area contributed by atoms with Crippen LogP contribution in [0.5, 0.6) is 0 Å². The SMILES string of the molecule is CCOC(OCC)c1nc(CSc2ccccc2Br)no1. The van der Waals surface area contributed by atoms with Crippen molar-refractivity contribution in [3.8, 4) is 0 Å². The predicted molar refractivity (Wildman–Crippen MR) is 84.0 cm³/mol. The Labute approximate surface area is 136 Å². The van der Waals surface area contributed by atoms with E-state index in [0.717, 1.165) is 9.37 Å². The van der Waals surface area contributed by atoms with Gasteiger partial charge in [0, 0.05) is 22.6 Å². The van der Waals surface area contributed by atoms with E-state index >= 15 is 0 Å². The number of nitrogens with zero attached hydrogens (tertiary/aromatic N) is 2.